The van der Waals surface area contributed by atoms with Crippen LogP contribution in [-0.2, 0) is 14.6 Å². The molecule has 0 bridgehead atoms. The van der Waals surface area contributed by atoms with Crippen molar-refractivity contribution in [2.24, 2.45) is 0 Å². The molecule has 1 aliphatic heterocycles. The Kier molecular flexibility index (Phi) is 5.92. The average molecular weight is 360 g/mol. The van der Waals surface area contributed by atoms with Crippen LogP contribution in [0.15, 0.2) is 24.3 Å². The molecule has 2 rings (SSSR count). The Hall–Kier alpha value is -1.27. The maximum absolute atomic E-state index is 12.7. The monoisotopic (exact) mass is 359 g/mol. The van der Waals surface area contributed by atoms with Gasteiger partial charge in [-0.15, -0.1) is 0 Å². The molecule has 0 spiro atoms. The molecule has 7 heteroatoms. The van der Waals surface area contributed by atoms with Gasteiger partial charge < -0.3 is 9.64 Å². The predicted octanol–water partition coefficient (Wildman–Crippen LogP) is 2.53. The molecule has 0 radical (unpaired) electrons. The van der Waals surface area contributed by atoms with Gasteiger partial charge in [0.1, 0.15) is 5.75 Å². The Balaban J connectivity index is 2.06. The number of nitrogens with zero attached hydrogens (tertiary/aromatic N) is 1. The first-order chi connectivity index (χ1) is 10.8. The van der Waals surface area contributed by atoms with Crippen molar-refractivity contribution in [3.63, 3.8) is 0 Å². The summed E-state index contributed by atoms with van der Waals surface area (Å²) in [6.07, 6.45) is 0.601. The summed E-state index contributed by atoms with van der Waals surface area (Å²) in [6.45, 7) is 4.19. The number of amides is 1. The Labute approximate surface area is 142 Å². The lowest BCUT2D eigenvalue weighted by Crippen LogP contribution is -2.47. The van der Waals surface area contributed by atoms with E-state index < -0.39 is 15.9 Å². The smallest absolute Gasteiger partial charge is 0.263 e. The summed E-state index contributed by atoms with van der Waals surface area (Å²) in [6, 6.07) is 6.55. The van der Waals surface area contributed by atoms with E-state index in [1.54, 1.807) is 36.1 Å². The van der Waals surface area contributed by atoms with Crippen LogP contribution in [0.25, 0.3) is 0 Å². The van der Waals surface area contributed by atoms with Gasteiger partial charge in [0.15, 0.2) is 15.9 Å². The number of ether oxygens (including phenoxy) is 1. The van der Waals surface area contributed by atoms with Crippen molar-refractivity contribution in [1.29, 1.82) is 0 Å². The minimum absolute atomic E-state index is 0.0480. The van der Waals surface area contributed by atoms with Crippen LogP contribution < -0.4 is 4.74 Å². The molecule has 0 aliphatic carbocycles. The molecule has 23 heavy (non-hydrogen) atoms. The molecule has 2 atom stereocenters. The van der Waals surface area contributed by atoms with Crippen molar-refractivity contribution in [1.82, 2.24) is 4.90 Å². The fraction of sp³-hybridized carbons (Fsp3) is 0.562. The maximum atomic E-state index is 12.7. The quantitative estimate of drug-likeness (QED) is 0.783. The zero-order valence-corrected chi connectivity index (χ0v) is 14.9. The second-order valence-electron chi connectivity index (χ2n) is 5.80. The van der Waals surface area contributed by atoms with E-state index in [0.717, 1.165) is 6.42 Å². The summed E-state index contributed by atoms with van der Waals surface area (Å²) in [7, 11) is -3.03. The van der Waals surface area contributed by atoms with Crippen molar-refractivity contribution in [2.75, 3.05) is 18.1 Å². The zero-order chi connectivity index (χ0) is 17.0. The van der Waals surface area contributed by atoms with Crippen molar-refractivity contribution in [3.05, 3.63) is 29.3 Å². The highest BCUT2D eigenvalue weighted by Gasteiger charge is 2.36. The lowest BCUT2D eigenvalue weighted by Gasteiger charge is -2.30. The molecule has 1 aromatic carbocycles. The number of hydrogen-bond donors (Lipinski definition) is 0. The van der Waals surface area contributed by atoms with E-state index in [4.69, 9.17) is 16.3 Å². The molecule has 1 heterocycles. The van der Waals surface area contributed by atoms with E-state index in [-0.39, 0.29) is 23.5 Å². The Bertz CT molecular complexity index is 645. The van der Waals surface area contributed by atoms with Gasteiger partial charge in [0, 0.05) is 17.6 Å². The third-order valence-corrected chi connectivity index (χ3v) is 5.87. The van der Waals surface area contributed by atoms with Gasteiger partial charge in [-0.1, -0.05) is 18.5 Å². The van der Waals surface area contributed by atoms with Crippen LogP contribution in [-0.4, -0.2) is 49.4 Å². The summed E-state index contributed by atoms with van der Waals surface area (Å²) < 4.78 is 29.0. The third-order valence-electron chi connectivity index (χ3n) is 3.87. The molecule has 5 nitrogen and oxygen atoms in total. The number of benzene rings is 1. The van der Waals surface area contributed by atoms with Crippen LogP contribution in [0.3, 0.4) is 0 Å². The molecule has 1 saturated heterocycles. The Morgan fingerprint density at radius 1 is 1.39 bits per heavy atom. The fourth-order valence-electron chi connectivity index (χ4n) is 2.74. The van der Waals surface area contributed by atoms with Crippen LogP contribution in [0.2, 0.25) is 5.02 Å². The molecule has 1 aliphatic rings. The van der Waals surface area contributed by atoms with Gasteiger partial charge in [-0.2, -0.15) is 0 Å². The molecule has 2 unspecified atom stereocenters. The van der Waals surface area contributed by atoms with Crippen LogP contribution in [0.5, 0.6) is 5.75 Å². The first kappa shape index (κ1) is 18.1. The summed E-state index contributed by atoms with van der Waals surface area (Å²) in [4.78, 5) is 14.3. The first-order valence-electron chi connectivity index (χ1n) is 7.75. The number of sulfone groups is 1. The second kappa shape index (κ2) is 7.53. The molecule has 0 N–H and O–H groups in total. The van der Waals surface area contributed by atoms with Crippen LogP contribution in [0, 0.1) is 0 Å². The summed E-state index contributed by atoms with van der Waals surface area (Å²) in [5.41, 5.74) is 0. The standard InChI is InChI=1S/C16H22ClNO4S/c1-3-9-18(14-8-10-23(20,21)11-14)16(19)12(2)22-15-6-4-13(17)5-7-15/h4-7,12,14H,3,8-11H2,1-2H3. The van der Waals surface area contributed by atoms with E-state index in [2.05, 4.69) is 0 Å². The molecule has 128 valence electrons. The van der Waals surface area contributed by atoms with E-state index in [1.165, 1.54) is 0 Å². The number of carbonyl (C=O) groups is 1. The summed E-state index contributed by atoms with van der Waals surface area (Å²) in [5, 5.41) is 0.597. The topological polar surface area (TPSA) is 63.7 Å². The number of hydrogen-bond acceptors (Lipinski definition) is 4. The molecule has 0 aromatic heterocycles. The van der Waals surface area contributed by atoms with Gasteiger partial charge >= 0.3 is 0 Å². The van der Waals surface area contributed by atoms with Gasteiger partial charge in [0.2, 0.25) is 0 Å². The maximum Gasteiger partial charge on any atom is 0.263 e. The molecule has 0 saturated carbocycles. The minimum atomic E-state index is -3.03. The SMILES string of the molecule is CCCN(C(=O)C(C)Oc1ccc(Cl)cc1)C1CCS(=O)(=O)C1. The van der Waals surface area contributed by atoms with Gasteiger partial charge in [0.25, 0.3) is 5.91 Å². The first-order valence-corrected chi connectivity index (χ1v) is 9.95. The highest BCUT2D eigenvalue weighted by molar-refractivity contribution is 7.91. The fourth-order valence-corrected chi connectivity index (χ4v) is 4.59. The van der Waals surface area contributed by atoms with E-state index in [9.17, 15) is 13.2 Å². The van der Waals surface area contributed by atoms with Crippen LogP contribution in [0.4, 0.5) is 0 Å². The van der Waals surface area contributed by atoms with Gasteiger partial charge in [-0.25, -0.2) is 8.42 Å². The van der Waals surface area contributed by atoms with Gasteiger partial charge in [-0.3, -0.25) is 4.79 Å². The number of halogens is 1. The normalized spacial score (nSPS) is 20.9. The number of carbonyl (C=O) groups excluding carboxylic acids is 1. The molecule has 1 amide bonds. The summed E-state index contributed by atoms with van der Waals surface area (Å²) in [5.74, 6) is 0.582. The molecular formula is C16H22ClNO4S. The van der Waals surface area contributed by atoms with Crippen LogP contribution >= 0.6 is 11.6 Å². The highest BCUT2D eigenvalue weighted by Crippen LogP contribution is 2.21. The van der Waals surface area contributed by atoms with E-state index in [0.29, 0.717) is 23.7 Å². The van der Waals surface area contributed by atoms with Crippen molar-refractivity contribution < 1.29 is 17.9 Å². The molecule has 1 aromatic rings. The lowest BCUT2D eigenvalue weighted by molar-refractivity contribution is -0.139. The largest absolute Gasteiger partial charge is 0.481 e. The number of rotatable bonds is 6. The van der Waals surface area contributed by atoms with Crippen molar-refractivity contribution in [2.45, 2.75) is 38.8 Å². The highest BCUT2D eigenvalue weighted by atomic mass is 35.5. The van der Waals surface area contributed by atoms with E-state index >= 15 is 0 Å². The van der Waals surface area contributed by atoms with Crippen molar-refractivity contribution in [3.8, 4) is 5.75 Å². The Morgan fingerprint density at radius 2 is 2.04 bits per heavy atom. The zero-order valence-electron chi connectivity index (χ0n) is 13.4. The third kappa shape index (κ3) is 4.85. The van der Waals surface area contributed by atoms with Crippen molar-refractivity contribution >= 4 is 27.3 Å². The van der Waals surface area contributed by atoms with Gasteiger partial charge in [-0.05, 0) is 44.0 Å². The predicted molar refractivity (Wildman–Crippen MR) is 90.6 cm³/mol. The minimum Gasteiger partial charge on any atom is -0.481 e. The summed E-state index contributed by atoms with van der Waals surface area (Å²) >= 11 is 5.83. The van der Waals surface area contributed by atoms with Gasteiger partial charge in [0.05, 0.1) is 11.5 Å². The van der Waals surface area contributed by atoms with E-state index in [1.807, 2.05) is 6.92 Å². The Morgan fingerprint density at radius 3 is 2.57 bits per heavy atom. The molecular weight excluding hydrogens is 338 g/mol. The second-order valence-corrected chi connectivity index (χ2v) is 8.47. The lowest BCUT2D eigenvalue weighted by atomic mass is 10.2. The van der Waals surface area contributed by atoms with Crippen LogP contribution in [0.1, 0.15) is 26.7 Å². The molecule has 1 fully saturated rings. The average Bonchev–Trinajstić information content (AvgIpc) is 2.86.